The topological polar surface area (TPSA) is 60.5 Å². The zero-order chi connectivity index (χ0) is 14.1. The first-order valence-corrected chi connectivity index (χ1v) is 6.04. The molecule has 1 aliphatic heterocycles. The Morgan fingerprint density at radius 3 is 2.80 bits per heavy atom. The van der Waals surface area contributed by atoms with Gasteiger partial charge in [0.05, 0.1) is 10.7 Å². The van der Waals surface area contributed by atoms with Gasteiger partial charge in [0, 0.05) is 12.1 Å². The number of anilines is 1. The number of nitrogens with one attached hydrogen (secondary N) is 1. The summed E-state index contributed by atoms with van der Waals surface area (Å²) in [4.78, 5) is 15.4. The average molecular weight is 295 g/mol. The molecule has 1 N–H and O–H groups in total. The molecule has 1 aromatic heterocycles. The van der Waals surface area contributed by atoms with E-state index in [4.69, 9.17) is 21.1 Å². The van der Waals surface area contributed by atoms with Gasteiger partial charge >= 0.3 is 0 Å². The monoisotopic (exact) mass is 294 g/mol. The molecule has 0 spiro atoms. The standard InChI is InChI=1S/C13H8ClFN2O3/c14-7-4-10-11(20-6-19-10)5-9(7)17-13(18)8-2-1-3-12(15)16-8/h1-5H,6H2,(H,17,18). The van der Waals surface area contributed by atoms with E-state index in [2.05, 4.69) is 10.3 Å². The molecule has 0 unspecified atom stereocenters. The third kappa shape index (κ3) is 2.37. The molecular weight excluding hydrogens is 287 g/mol. The molecule has 20 heavy (non-hydrogen) atoms. The summed E-state index contributed by atoms with van der Waals surface area (Å²) in [5.74, 6) is -0.298. The summed E-state index contributed by atoms with van der Waals surface area (Å²) < 4.78 is 23.3. The molecule has 0 saturated heterocycles. The van der Waals surface area contributed by atoms with Crippen LogP contribution in [-0.4, -0.2) is 17.7 Å². The molecule has 102 valence electrons. The van der Waals surface area contributed by atoms with E-state index >= 15 is 0 Å². The number of nitrogens with zero attached hydrogens (tertiary/aromatic N) is 1. The van der Waals surface area contributed by atoms with Gasteiger partial charge in [-0.2, -0.15) is 4.39 Å². The first-order valence-electron chi connectivity index (χ1n) is 5.66. The van der Waals surface area contributed by atoms with Crippen molar-refractivity contribution >= 4 is 23.2 Å². The minimum absolute atomic E-state index is 0.0428. The highest BCUT2D eigenvalue weighted by atomic mass is 35.5. The van der Waals surface area contributed by atoms with Crippen LogP contribution in [0, 0.1) is 5.95 Å². The van der Waals surface area contributed by atoms with Crippen LogP contribution in [0.1, 0.15) is 10.5 Å². The van der Waals surface area contributed by atoms with E-state index < -0.39 is 11.9 Å². The third-order valence-corrected chi connectivity index (χ3v) is 2.97. The smallest absolute Gasteiger partial charge is 0.274 e. The lowest BCUT2D eigenvalue weighted by molar-refractivity contribution is 0.102. The maximum atomic E-state index is 13.0. The van der Waals surface area contributed by atoms with E-state index in [9.17, 15) is 9.18 Å². The van der Waals surface area contributed by atoms with Crippen LogP contribution < -0.4 is 14.8 Å². The third-order valence-electron chi connectivity index (χ3n) is 2.66. The van der Waals surface area contributed by atoms with Crippen LogP contribution in [0.2, 0.25) is 5.02 Å². The largest absolute Gasteiger partial charge is 0.454 e. The number of fused-ring (bicyclic) bond motifs is 1. The van der Waals surface area contributed by atoms with E-state index in [1.54, 1.807) is 12.1 Å². The zero-order valence-corrected chi connectivity index (χ0v) is 10.8. The molecule has 0 aliphatic carbocycles. The van der Waals surface area contributed by atoms with Crippen molar-refractivity contribution in [3.63, 3.8) is 0 Å². The van der Waals surface area contributed by atoms with Crippen molar-refractivity contribution in [2.75, 3.05) is 12.1 Å². The number of hydrogen-bond acceptors (Lipinski definition) is 4. The summed E-state index contributed by atoms with van der Waals surface area (Å²) in [5, 5.41) is 2.84. The van der Waals surface area contributed by atoms with Gasteiger partial charge in [0.2, 0.25) is 12.7 Å². The molecule has 3 rings (SSSR count). The van der Waals surface area contributed by atoms with Crippen LogP contribution in [0.15, 0.2) is 30.3 Å². The second-order valence-electron chi connectivity index (χ2n) is 3.98. The van der Waals surface area contributed by atoms with E-state index in [-0.39, 0.29) is 12.5 Å². The maximum absolute atomic E-state index is 13.0. The predicted octanol–water partition coefficient (Wildman–Crippen LogP) is 2.86. The van der Waals surface area contributed by atoms with Gasteiger partial charge in [-0.15, -0.1) is 0 Å². The second-order valence-corrected chi connectivity index (χ2v) is 4.39. The van der Waals surface area contributed by atoms with Crippen molar-refractivity contribution in [3.05, 3.63) is 47.0 Å². The Hall–Kier alpha value is -2.34. The summed E-state index contributed by atoms with van der Waals surface area (Å²) in [6, 6.07) is 7.04. The Kier molecular flexibility index (Phi) is 3.15. The number of rotatable bonds is 2. The highest BCUT2D eigenvalue weighted by molar-refractivity contribution is 6.34. The molecule has 7 heteroatoms. The Morgan fingerprint density at radius 1 is 1.30 bits per heavy atom. The summed E-state index contributed by atoms with van der Waals surface area (Å²) >= 11 is 6.03. The Labute approximate surface area is 118 Å². The number of carbonyl (C=O) groups is 1. The number of amides is 1. The molecular formula is C13H8ClFN2O3. The maximum Gasteiger partial charge on any atom is 0.274 e. The van der Waals surface area contributed by atoms with Crippen LogP contribution in [0.5, 0.6) is 11.5 Å². The van der Waals surface area contributed by atoms with Gasteiger partial charge in [-0.25, -0.2) is 4.98 Å². The SMILES string of the molecule is O=C(Nc1cc2c(cc1Cl)OCO2)c1cccc(F)n1. The molecule has 1 aliphatic rings. The lowest BCUT2D eigenvalue weighted by Gasteiger charge is -2.08. The number of hydrogen-bond donors (Lipinski definition) is 1. The molecule has 0 bridgehead atoms. The van der Waals surface area contributed by atoms with Crippen molar-refractivity contribution in [2.45, 2.75) is 0 Å². The average Bonchev–Trinajstić information content (AvgIpc) is 2.86. The highest BCUT2D eigenvalue weighted by Gasteiger charge is 2.18. The highest BCUT2D eigenvalue weighted by Crippen LogP contribution is 2.39. The number of carbonyl (C=O) groups excluding carboxylic acids is 1. The van der Waals surface area contributed by atoms with Crippen molar-refractivity contribution in [3.8, 4) is 11.5 Å². The quantitative estimate of drug-likeness (QED) is 0.865. The number of benzene rings is 1. The molecule has 1 aromatic carbocycles. The normalized spacial score (nSPS) is 12.3. The minimum Gasteiger partial charge on any atom is -0.454 e. The lowest BCUT2D eigenvalue weighted by Crippen LogP contribution is -2.14. The summed E-state index contributed by atoms with van der Waals surface area (Å²) in [5.41, 5.74) is 0.297. The number of ether oxygens (including phenoxy) is 2. The molecule has 0 radical (unpaired) electrons. The molecule has 2 heterocycles. The molecule has 0 fully saturated rings. The van der Waals surface area contributed by atoms with Gasteiger partial charge in [-0.3, -0.25) is 4.79 Å². The van der Waals surface area contributed by atoms with Crippen LogP contribution >= 0.6 is 11.6 Å². The fraction of sp³-hybridized carbons (Fsp3) is 0.0769. The van der Waals surface area contributed by atoms with Gasteiger partial charge in [0.1, 0.15) is 5.69 Å². The number of halogens is 2. The van der Waals surface area contributed by atoms with Crippen LogP contribution in [0.4, 0.5) is 10.1 Å². The fourth-order valence-electron chi connectivity index (χ4n) is 1.73. The minimum atomic E-state index is -0.727. The molecule has 0 saturated carbocycles. The molecule has 0 atom stereocenters. The second kappa shape index (κ2) is 4.97. The van der Waals surface area contributed by atoms with Crippen LogP contribution in [0.25, 0.3) is 0 Å². The van der Waals surface area contributed by atoms with Crippen molar-refractivity contribution < 1.29 is 18.7 Å². The van der Waals surface area contributed by atoms with Crippen molar-refractivity contribution in [1.29, 1.82) is 0 Å². The predicted molar refractivity (Wildman–Crippen MR) is 69.7 cm³/mol. The molecule has 5 nitrogen and oxygen atoms in total. The van der Waals surface area contributed by atoms with Crippen molar-refractivity contribution in [2.24, 2.45) is 0 Å². The summed E-state index contributed by atoms with van der Waals surface area (Å²) in [7, 11) is 0. The van der Waals surface area contributed by atoms with Gasteiger partial charge in [-0.1, -0.05) is 17.7 Å². The Bertz CT molecular complexity index is 693. The van der Waals surface area contributed by atoms with Gasteiger partial charge < -0.3 is 14.8 Å². The molecule has 1 amide bonds. The summed E-state index contributed by atoms with van der Waals surface area (Å²) in [6.07, 6.45) is 0. The van der Waals surface area contributed by atoms with Gasteiger partial charge in [-0.05, 0) is 12.1 Å². The van der Waals surface area contributed by atoms with E-state index in [0.29, 0.717) is 22.2 Å². The van der Waals surface area contributed by atoms with Crippen molar-refractivity contribution in [1.82, 2.24) is 4.98 Å². The Morgan fingerprint density at radius 2 is 2.05 bits per heavy atom. The van der Waals surface area contributed by atoms with Crippen LogP contribution in [-0.2, 0) is 0 Å². The van der Waals surface area contributed by atoms with Gasteiger partial charge in [0.25, 0.3) is 5.91 Å². The Balaban J connectivity index is 1.86. The van der Waals surface area contributed by atoms with E-state index in [1.165, 1.54) is 12.1 Å². The molecule has 2 aromatic rings. The van der Waals surface area contributed by atoms with E-state index in [1.807, 2.05) is 0 Å². The number of pyridine rings is 1. The summed E-state index contributed by atoms with van der Waals surface area (Å²) in [6.45, 7) is 0.106. The zero-order valence-electron chi connectivity index (χ0n) is 10.0. The lowest BCUT2D eigenvalue weighted by atomic mass is 10.2. The fourth-order valence-corrected chi connectivity index (χ4v) is 1.93. The first-order chi connectivity index (χ1) is 9.63. The first kappa shape index (κ1) is 12.7. The van der Waals surface area contributed by atoms with Crippen LogP contribution in [0.3, 0.4) is 0 Å². The van der Waals surface area contributed by atoms with E-state index in [0.717, 1.165) is 6.07 Å². The number of aromatic nitrogens is 1. The van der Waals surface area contributed by atoms with Gasteiger partial charge in [0.15, 0.2) is 11.5 Å².